The lowest BCUT2D eigenvalue weighted by molar-refractivity contribution is -0.139. The lowest BCUT2D eigenvalue weighted by atomic mass is 10.2. The van der Waals surface area contributed by atoms with E-state index in [0.717, 1.165) is 32.2 Å². The number of hydrogen-bond donors (Lipinski definition) is 2. The Morgan fingerprint density at radius 2 is 1.80 bits per heavy atom. The van der Waals surface area contributed by atoms with Crippen LogP contribution in [0, 0.1) is 0 Å². The first-order chi connectivity index (χ1) is 6.18. The van der Waals surface area contributed by atoms with E-state index in [9.17, 15) is 4.79 Å². The van der Waals surface area contributed by atoms with Gasteiger partial charge in [0.05, 0.1) is 6.61 Å². The Balaban J connectivity index is -0.000000720. The second-order valence-corrected chi connectivity index (χ2v) is 3.12. The van der Waals surface area contributed by atoms with Crippen molar-refractivity contribution in [3.8, 4) is 0 Å². The van der Waals surface area contributed by atoms with Gasteiger partial charge in [-0.2, -0.15) is 0 Å². The first-order valence-electron chi connectivity index (χ1n) is 4.71. The average Bonchev–Trinajstić information content (AvgIpc) is 2.10. The van der Waals surface area contributed by atoms with Crippen LogP contribution in [0.15, 0.2) is 12.2 Å². The molecule has 0 aliphatic rings. The van der Waals surface area contributed by atoms with E-state index in [1.165, 1.54) is 0 Å². The van der Waals surface area contributed by atoms with Gasteiger partial charge in [-0.05, 0) is 26.3 Å². The third kappa shape index (κ3) is 13.4. The minimum atomic E-state index is -0.293. The average molecular weight is 239 g/mol. The summed E-state index contributed by atoms with van der Waals surface area (Å²) in [4.78, 5) is 10.9. The van der Waals surface area contributed by atoms with Crippen molar-refractivity contribution in [1.82, 2.24) is 6.15 Å². The van der Waals surface area contributed by atoms with E-state index in [2.05, 4.69) is 6.58 Å². The maximum atomic E-state index is 10.9. The summed E-state index contributed by atoms with van der Waals surface area (Å²) in [7, 11) is 0. The van der Waals surface area contributed by atoms with Gasteiger partial charge in [0.2, 0.25) is 0 Å². The Morgan fingerprint density at radius 1 is 1.27 bits per heavy atom. The molecule has 0 rings (SSSR count). The van der Waals surface area contributed by atoms with Crippen LogP contribution in [0.1, 0.15) is 32.6 Å². The Kier molecular flexibility index (Phi) is 17.8. The Labute approximate surface area is 98.2 Å². The van der Waals surface area contributed by atoms with Crippen molar-refractivity contribution in [2.45, 2.75) is 32.6 Å². The van der Waals surface area contributed by atoms with Crippen molar-refractivity contribution in [2.75, 3.05) is 13.2 Å². The van der Waals surface area contributed by atoms with Crippen molar-refractivity contribution >= 4 is 18.4 Å². The molecule has 5 heteroatoms. The number of nitrogens with two attached hydrogens (primary N) is 1. The van der Waals surface area contributed by atoms with Gasteiger partial charge < -0.3 is 16.6 Å². The van der Waals surface area contributed by atoms with Gasteiger partial charge in [-0.25, -0.2) is 4.79 Å². The number of unbranched alkanes of at least 4 members (excludes halogenated alkanes) is 3. The van der Waals surface area contributed by atoms with E-state index < -0.39 is 0 Å². The van der Waals surface area contributed by atoms with Crippen molar-refractivity contribution in [2.24, 2.45) is 5.73 Å². The van der Waals surface area contributed by atoms with Crippen LogP contribution in [0.2, 0.25) is 0 Å². The maximum absolute atomic E-state index is 10.9. The van der Waals surface area contributed by atoms with Gasteiger partial charge in [0.1, 0.15) is 0 Å². The SMILES string of the molecule is C=C(C)C(=O)OCCCCCCN.Cl.N. The van der Waals surface area contributed by atoms with Crippen LogP contribution in [-0.2, 0) is 9.53 Å². The van der Waals surface area contributed by atoms with Crippen LogP contribution in [-0.4, -0.2) is 19.1 Å². The standard InChI is InChI=1S/C10H19NO2.ClH.H3N/c1-9(2)10(12)13-8-6-4-3-5-7-11;;/h1,3-8,11H2,2H3;1H;1H3. The Morgan fingerprint density at radius 3 is 2.27 bits per heavy atom. The molecule has 92 valence electrons. The molecule has 0 aromatic heterocycles. The first kappa shape index (κ1) is 19.9. The summed E-state index contributed by atoms with van der Waals surface area (Å²) >= 11 is 0. The van der Waals surface area contributed by atoms with Crippen molar-refractivity contribution < 1.29 is 9.53 Å². The second kappa shape index (κ2) is 13.4. The monoisotopic (exact) mass is 238 g/mol. The number of carbonyl (C=O) groups excluding carboxylic acids is 1. The Bertz CT molecular complexity index is 175. The van der Waals surface area contributed by atoms with E-state index in [1.807, 2.05) is 0 Å². The minimum Gasteiger partial charge on any atom is -0.462 e. The lowest BCUT2D eigenvalue weighted by Gasteiger charge is -2.03. The molecule has 0 fully saturated rings. The molecule has 0 aliphatic carbocycles. The molecule has 0 heterocycles. The van der Waals surface area contributed by atoms with Crippen LogP contribution < -0.4 is 11.9 Å². The van der Waals surface area contributed by atoms with Gasteiger partial charge in [0.25, 0.3) is 0 Å². The van der Waals surface area contributed by atoms with E-state index in [-0.39, 0.29) is 24.5 Å². The van der Waals surface area contributed by atoms with Crippen molar-refractivity contribution in [3.05, 3.63) is 12.2 Å². The summed E-state index contributed by atoms with van der Waals surface area (Å²) in [6.07, 6.45) is 4.15. The smallest absolute Gasteiger partial charge is 0.333 e. The molecule has 0 aliphatic heterocycles. The second-order valence-electron chi connectivity index (χ2n) is 3.12. The van der Waals surface area contributed by atoms with Gasteiger partial charge >= 0.3 is 5.97 Å². The zero-order chi connectivity index (χ0) is 10.1. The van der Waals surface area contributed by atoms with Crippen LogP contribution in [0.3, 0.4) is 0 Å². The Hall–Kier alpha value is -0.580. The van der Waals surface area contributed by atoms with E-state index >= 15 is 0 Å². The molecule has 0 saturated heterocycles. The highest BCUT2D eigenvalue weighted by Gasteiger charge is 2.01. The highest BCUT2D eigenvalue weighted by Crippen LogP contribution is 2.00. The zero-order valence-corrected chi connectivity index (χ0v) is 10.3. The predicted octanol–water partition coefficient (Wildman–Crippen LogP) is 2.21. The zero-order valence-electron chi connectivity index (χ0n) is 9.46. The number of hydrogen-bond acceptors (Lipinski definition) is 4. The molecule has 0 spiro atoms. The fourth-order valence-electron chi connectivity index (χ4n) is 0.888. The largest absolute Gasteiger partial charge is 0.462 e. The molecule has 0 bridgehead atoms. The summed E-state index contributed by atoms with van der Waals surface area (Å²) < 4.78 is 4.91. The topological polar surface area (TPSA) is 87.3 Å². The molecule has 0 amide bonds. The summed E-state index contributed by atoms with van der Waals surface area (Å²) in [5.41, 5.74) is 5.79. The van der Waals surface area contributed by atoms with Gasteiger partial charge in [-0.1, -0.05) is 19.4 Å². The number of esters is 1. The normalized spacial score (nSPS) is 8.40. The molecule has 0 aromatic carbocycles. The van der Waals surface area contributed by atoms with Gasteiger partial charge in [0.15, 0.2) is 0 Å². The fraction of sp³-hybridized carbons (Fsp3) is 0.700. The summed E-state index contributed by atoms with van der Waals surface area (Å²) in [6.45, 7) is 6.38. The fourth-order valence-corrected chi connectivity index (χ4v) is 0.888. The highest BCUT2D eigenvalue weighted by atomic mass is 35.5. The number of halogens is 1. The third-order valence-electron chi connectivity index (χ3n) is 1.68. The number of rotatable bonds is 7. The minimum absolute atomic E-state index is 0. The molecular formula is C10H23ClN2O2. The molecule has 0 saturated carbocycles. The van der Waals surface area contributed by atoms with E-state index in [1.54, 1.807) is 6.92 Å². The van der Waals surface area contributed by atoms with E-state index in [4.69, 9.17) is 10.5 Å². The molecule has 5 N–H and O–H groups in total. The first-order valence-corrected chi connectivity index (χ1v) is 4.71. The van der Waals surface area contributed by atoms with Gasteiger partial charge in [-0.3, -0.25) is 0 Å². The third-order valence-corrected chi connectivity index (χ3v) is 1.68. The van der Waals surface area contributed by atoms with Gasteiger partial charge in [-0.15, -0.1) is 12.4 Å². The number of carbonyl (C=O) groups is 1. The quantitative estimate of drug-likeness (QED) is 0.404. The summed E-state index contributed by atoms with van der Waals surface area (Å²) in [6, 6.07) is 0. The predicted molar refractivity (Wildman–Crippen MR) is 65.6 cm³/mol. The lowest BCUT2D eigenvalue weighted by Crippen LogP contribution is -2.06. The number of ether oxygens (including phenoxy) is 1. The molecular weight excluding hydrogens is 216 g/mol. The van der Waals surface area contributed by atoms with Crippen molar-refractivity contribution in [3.63, 3.8) is 0 Å². The molecule has 0 atom stereocenters. The summed E-state index contributed by atoms with van der Waals surface area (Å²) in [5, 5.41) is 0. The maximum Gasteiger partial charge on any atom is 0.333 e. The molecule has 4 nitrogen and oxygen atoms in total. The van der Waals surface area contributed by atoms with Crippen LogP contribution in [0.25, 0.3) is 0 Å². The van der Waals surface area contributed by atoms with E-state index in [0.29, 0.717) is 12.2 Å². The summed E-state index contributed by atoms with van der Waals surface area (Å²) in [5.74, 6) is -0.293. The van der Waals surface area contributed by atoms with Crippen LogP contribution in [0.4, 0.5) is 0 Å². The van der Waals surface area contributed by atoms with Crippen LogP contribution in [0.5, 0.6) is 0 Å². The highest BCUT2D eigenvalue weighted by molar-refractivity contribution is 5.86. The molecule has 0 aromatic rings. The molecule has 0 radical (unpaired) electrons. The molecule has 0 unspecified atom stereocenters. The van der Waals surface area contributed by atoms with Crippen LogP contribution >= 0.6 is 12.4 Å². The molecule has 15 heavy (non-hydrogen) atoms. The van der Waals surface area contributed by atoms with Crippen molar-refractivity contribution in [1.29, 1.82) is 0 Å². The van der Waals surface area contributed by atoms with Gasteiger partial charge in [0, 0.05) is 5.57 Å².